The third-order valence-corrected chi connectivity index (χ3v) is 5.82. The number of ether oxygens (including phenoxy) is 1. The Balaban J connectivity index is 1.41. The molecule has 114 valence electrons. The molecule has 3 aliphatic rings. The molecule has 0 radical (unpaired) electrons. The van der Waals surface area contributed by atoms with E-state index in [0.29, 0.717) is 17.4 Å². The van der Waals surface area contributed by atoms with Gasteiger partial charge in [0.1, 0.15) is 0 Å². The summed E-state index contributed by atoms with van der Waals surface area (Å²) in [5.41, 5.74) is 0.303. The van der Waals surface area contributed by atoms with Crippen molar-refractivity contribution in [2.75, 3.05) is 20.2 Å². The van der Waals surface area contributed by atoms with Crippen LogP contribution in [0.5, 0.6) is 0 Å². The summed E-state index contributed by atoms with van der Waals surface area (Å²) in [6.45, 7) is 1.90. The third-order valence-electron chi connectivity index (χ3n) is 5.82. The number of carbonyl (C=O) groups excluding carboxylic acids is 1. The average molecular weight is 280 g/mol. The highest BCUT2D eigenvalue weighted by Crippen LogP contribution is 2.45. The molecule has 4 nitrogen and oxygen atoms in total. The van der Waals surface area contributed by atoms with E-state index >= 15 is 0 Å². The largest absolute Gasteiger partial charge is 0.381 e. The van der Waals surface area contributed by atoms with E-state index in [-0.39, 0.29) is 11.9 Å². The molecule has 0 bridgehead atoms. The smallest absolute Gasteiger partial charge is 0.237 e. The number of methoxy groups -OCH3 is 1. The Kier molecular flexibility index (Phi) is 4.32. The highest BCUT2D eigenvalue weighted by atomic mass is 16.5. The molecule has 3 fully saturated rings. The molecule has 3 rings (SSSR count). The Bertz CT molecular complexity index is 344. The summed E-state index contributed by atoms with van der Waals surface area (Å²) in [4.78, 5) is 12.4. The van der Waals surface area contributed by atoms with E-state index in [1.54, 1.807) is 7.11 Å². The first-order valence-electron chi connectivity index (χ1n) is 8.27. The van der Waals surface area contributed by atoms with Crippen molar-refractivity contribution in [2.24, 2.45) is 11.3 Å². The van der Waals surface area contributed by atoms with Gasteiger partial charge in [-0.3, -0.25) is 4.79 Å². The zero-order valence-electron chi connectivity index (χ0n) is 12.6. The fraction of sp³-hybridized carbons (Fsp3) is 0.938. The van der Waals surface area contributed by atoms with Gasteiger partial charge in [-0.2, -0.15) is 0 Å². The molecule has 2 N–H and O–H groups in total. The van der Waals surface area contributed by atoms with Gasteiger partial charge in [-0.05, 0) is 44.4 Å². The number of carbonyl (C=O) groups is 1. The number of nitrogens with one attached hydrogen (secondary N) is 2. The Morgan fingerprint density at radius 1 is 1.25 bits per heavy atom. The molecular formula is C16H28N2O2. The second-order valence-electron chi connectivity index (χ2n) is 7.01. The Morgan fingerprint density at radius 2 is 1.95 bits per heavy atom. The van der Waals surface area contributed by atoms with Crippen molar-refractivity contribution in [1.29, 1.82) is 0 Å². The van der Waals surface area contributed by atoms with Gasteiger partial charge in [-0.25, -0.2) is 0 Å². The Morgan fingerprint density at radius 3 is 2.50 bits per heavy atom. The van der Waals surface area contributed by atoms with Crippen molar-refractivity contribution >= 4 is 5.91 Å². The third kappa shape index (κ3) is 2.73. The molecule has 2 aliphatic carbocycles. The maximum atomic E-state index is 12.4. The Labute approximate surface area is 122 Å². The monoisotopic (exact) mass is 280 g/mol. The number of amides is 1. The lowest BCUT2D eigenvalue weighted by Gasteiger charge is -2.47. The highest BCUT2D eigenvalue weighted by Gasteiger charge is 2.51. The summed E-state index contributed by atoms with van der Waals surface area (Å²) in [5.74, 6) is 0.886. The fourth-order valence-electron chi connectivity index (χ4n) is 4.33. The SMILES string of the molecule is COC1CCC(CNC(=O)[C@H]2NCC23CCCC3)CC1. The van der Waals surface area contributed by atoms with E-state index in [1.807, 2.05) is 0 Å². The lowest BCUT2D eigenvalue weighted by molar-refractivity contribution is -0.130. The quantitative estimate of drug-likeness (QED) is 0.826. The second-order valence-corrected chi connectivity index (χ2v) is 7.01. The van der Waals surface area contributed by atoms with E-state index in [4.69, 9.17) is 4.74 Å². The molecule has 1 atom stereocenters. The van der Waals surface area contributed by atoms with E-state index in [0.717, 1.165) is 25.9 Å². The molecule has 2 saturated carbocycles. The van der Waals surface area contributed by atoms with E-state index in [2.05, 4.69) is 10.6 Å². The van der Waals surface area contributed by atoms with Gasteiger partial charge in [-0.15, -0.1) is 0 Å². The average Bonchev–Trinajstić information content (AvgIpc) is 2.96. The van der Waals surface area contributed by atoms with E-state index < -0.39 is 0 Å². The van der Waals surface area contributed by atoms with Crippen LogP contribution in [0.2, 0.25) is 0 Å². The van der Waals surface area contributed by atoms with Crippen molar-refractivity contribution in [1.82, 2.24) is 10.6 Å². The Hall–Kier alpha value is -0.610. The van der Waals surface area contributed by atoms with Gasteiger partial charge in [-0.1, -0.05) is 12.8 Å². The summed E-state index contributed by atoms with van der Waals surface area (Å²) in [7, 11) is 1.80. The van der Waals surface area contributed by atoms with E-state index in [1.165, 1.54) is 38.5 Å². The molecule has 1 spiro atoms. The molecule has 0 aromatic rings. The predicted molar refractivity (Wildman–Crippen MR) is 78.5 cm³/mol. The maximum Gasteiger partial charge on any atom is 0.237 e. The first kappa shape index (κ1) is 14.3. The summed E-state index contributed by atoms with van der Waals surface area (Å²) in [6.07, 6.45) is 10.2. The minimum absolute atomic E-state index is 0.0836. The van der Waals surface area contributed by atoms with Crippen LogP contribution in [0.1, 0.15) is 51.4 Å². The summed E-state index contributed by atoms with van der Waals surface area (Å²) in [5, 5.41) is 6.55. The van der Waals surface area contributed by atoms with Crippen molar-refractivity contribution < 1.29 is 9.53 Å². The van der Waals surface area contributed by atoms with Crippen LogP contribution < -0.4 is 10.6 Å². The van der Waals surface area contributed by atoms with Crippen molar-refractivity contribution in [2.45, 2.75) is 63.5 Å². The molecule has 1 saturated heterocycles. The predicted octanol–water partition coefficient (Wildman–Crippen LogP) is 1.84. The van der Waals surface area contributed by atoms with Gasteiger partial charge in [0.2, 0.25) is 5.91 Å². The van der Waals surface area contributed by atoms with Crippen LogP contribution >= 0.6 is 0 Å². The summed E-state index contributed by atoms with van der Waals surface area (Å²) >= 11 is 0. The van der Waals surface area contributed by atoms with Crippen LogP contribution in [-0.4, -0.2) is 38.3 Å². The molecule has 0 aromatic heterocycles. The summed E-state index contributed by atoms with van der Waals surface area (Å²) in [6, 6.07) is 0.0836. The van der Waals surface area contributed by atoms with Gasteiger partial charge < -0.3 is 15.4 Å². The van der Waals surface area contributed by atoms with Gasteiger partial charge in [0.05, 0.1) is 12.1 Å². The van der Waals surface area contributed by atoms with Crippen LogP contribution in [0.25, 0.3) is 0 Å². The van der Waals surface area contributed by atoms with E-state index in [9.17, 15) is 4.79 Å². The fourth-order valence-corrected chi connectivity index (χ4v) is 4.33. The lowest BCUT2D eigenvalue weighted by Crippen LogP contribution is -2.67. The van der Waals surface area contributed by atoms with Crippen LogP contribution in [0, 0.1) is 11.3 Å². The standard InChI is InChI=1S/C16H28N2O2/c1-20-13-6-4-12(5-7-13)10-17-15(19)14-16(11-18-14)8-2-3-9-16/h12-14,18H,2-11H2,1H3,(H,17,19)/t12?,13?,14-/m1/s1. The highest BCUT2D eigenvalue weighted by molar-refractivity contribution is 5.84. The van der Waals surface area contributed by atoms with Crippen LogP contribution in [0.4, 0.5) is 0 Å². The zero-order valence-corrected chi connectivity index (χ0v) is 12.6. The minimum Gasteiger partial charge on any atom is -0.381 e. The van der Waals surface area contributed by atoms with Crippen molar-refractivity contribution in [3.63, 3.8) is 0 Å². The first-order chi connectivity index (χ1) is 9.73. The minimum atomic E-state index is 0.0836. The maximum absolute atomic E-state index is 12.4. The molecule has 1 amide bonds. The van der Waals surface area contributed by atoms with Gasteiger partial charge in [0.15, 0.2) is 0 Å². The number of hydrogen-bond donors (Lipinski definition) is 2. The zero-order chi connectivity index (χ0) is 14.0. The van der Waals surface area contributed by atoms with Crippen LogP contribution in [-0.2, 0) is 9.53 Å². The van der Waals surface area contributed by atoms with Crippen molar-refractivity contribution in [3.05, 3.63) is 0 Å². The van der Waals surface area contributed by atoms with Crippen LogP contribution in [0.15, 0.2) is 0 Å². The molecule has 1 heterocycles. The topological polar surface area (TPSA) is 50.4 Å². The lowest BCUT2D eigenvalue weighted by atomic mass is 9.71. The number of rotatable bonds is 4. The molecule has 1 aliphatic heterocycles. The second kappa shape index (κ2) is 6.02. The van der Waals surface area contributed by atoms with Gasteiger partial charge in [0, 0.05) is 25.6 Å². The molecule has 4 heteroatoms. The molecular weight excluding hydrogens is 252 g/mol. The summed E-state index contributed by atoms with van der Waals surface area (Å²) < 4.78 is 5.40. The molecule has 0 unspecified atom stereocenters. The van der Waals surface area contributed by atoms with Gasteiger partial charge in [0.25, 0.3) is 0 Å². The normalized spacial score (nSPS) is 35.8. The van der Waals surface area contributed by atoms with Crippen molar-refractivity contribution in [3.8, 4) is 0 Å². The first-order valence-corrected chi connectivity index (χ1v) is 8.27. The molecule has 0 aromatic carbocycles. The van der Waals surface area contributed by atoms with Crippen LogP contribution in [0.3, 0.4) is 0 Å². The number of hydrogen-bond acceptors (Lipinski definition) is 3. The van der Waals surface area contributed by atoms with Gasteiger partial charge >= 0.3 is 0 Å². The molecule has 20 heavy (non-hydrogen) atoms.